The van der Waals surface area contributed by atoms with Gasteiger partial charge in [0.1, 0.15) is 11.4 Å². The first-order valence-corrected chi connectivity index (χ1v) is 10.2. The molecule has 0 aliphatic rings. The van der Waals surface area contributed by atoms with Crippen LogP contribution in [0.1, 0.15) is 31.4 Å². The monoisotopic (exact) mass is 370 g/mol. The van der Waals surface area contributed by atoms with E-state index in [9.17, 15) is 5.11 Å². The molecule has 0 saturated carbocycles. The van der Waals surface area contributed by atoms with Crippen LogP contribution < -0.4 is 8.97 Å². The molecule has 148 valence electrons. The van der Waals surface area contributed by atoms with E-state index in [1.807, 2.05) is 0 Å². The molecular weight excluding hydrogens is 332 g/mol. The fourth-order valence-corrected chi connectivity index (χ4v) is 3.17. The Bertz CT molecular complexity index is 702. The van der Waals surface area contributed by atoms with Gasteiger partial charge in [-0.15, -0.1) is 0 Å². The van der Waals surface area contributed by atoms with Gasteiger partial charge >= 0.3 is 0 Å². The maximum atomic E-state index is 10.5. The number of aliphatic hydroxyl groups is 1. The number of benzene rings is 2. The van der Waals surface area contributed by atoms with Crippen LogP contribution in [0.25, 0.3) is 0 Å². The fraction of sp³-hybridized carbons (Fsp3) is 0.500. The quantitative estimate of drug-likeness (QED) is 0.649. The first-order valence-electron chi connectivity index (χ1n) is 10.2. The maximum absolute atomic E-state index is 10.5. The van der Waals surface area contributed by atoms with Crippen LogP contribution in [0.3, 0.4) is 0 Å². The molecule has 0 bridgehead atoms. The van der Waals surface area contributed by atoms with Gasteiger partial charge < -0.3 is 5.11 Å². The molecule has 0 amide bonds. The Labute approximate surface area is 166 Å². The molecule has 0 radical (unpaired) electrons. The van der Waals surface area contributed by atoms with Gasteiger partial charge in [0.2, 0.25) is 0 Å². The standard InChI is InChI=1S/C24H38N2O/c1-7-25(3,4)22-14-9-20(10-15-22)13-18-24(27)19-21-11-16-23(17-12-21)26(5,6)8-2/h9-12,14-17,24,27H,7-8,13,18-19H2,1-6H3/q+2. The molecule has 0 heterocycles. The van der Waals surface area contributed by atoms with Gasteiger partial charge in [-0.25, -0.2) is 0 Å². The molecule has 2 aromatic carbocycles. The summed E-state index contributed by atoms with van der Waals surface area (Å²) in [5.41, 5.74) is 5.14. The Kier molecular flexibility index (Phi) is 7.21. The number of hydrogen-bond donors (Lipinski definition) is 1. The number of aliphatic hydroxyl groups excluding tert-OH is 1. The summed E-state index contributed by atoms with van der Waals surface area (Å²) in [6, 6.07) is 17.6. The highest BCUT2D eigenvalue weighted by Crippen LogP contribution is 2.22. The van der Waals surface area contributed by atoms with E-state index in [4.69, 9.17) is 0 Å². The minimum atomic E-state index is -0.299. The van der Waals surface area contributed by atoms with Gasteiger partial charge in [0, 0.05) is 0 Å². The largest absolute Gasteiger partial charge is 0.393 e. The second-order valence-corrected chi connectivity index (χ2v) is 8.73. The first kappa shape index (κ1) is 21.6. The predicted molar refractivity (Wildman–Crippen MR) is 119 cm³/mol. The molecule has 0 aromatic heterocycles. The summed E-state index contributed by atoms with van der Waals surface area (Å²) in [4.78, 5) is 0. The first-order chi connectivity index (χ1) is 12.7. The molecule has 3 heteroatoms. The highest BCUT2D eigenvalue weighted by Gasteiger charge is 2.17. The number of rotatable bonds is 9. The summed E-state index contributed by atoms with van der Waals surface area (Å²) in [5, 5.41) is 10.5. The molecule has 2 rings (SSSR count). The van der Waals surface area contributed by atoms with Crippen molar-refractivity contribution in [1.82, 2.24) is 8.97 Å². The Morgan fingerprint density at radius 3 is 1.52 bits per heavy atom. The van der Waals surface area contributed by atoms with Crippen molar-refractivity contribution in [2.75, 3.05) is 41.3 Å². The van der Waals surface area contributed by atoms with Gasteiger partial charge in [-0.05, 0) is 68.5 Å². The van der Waals surface area contributed by atoms with Gasteiger partial charge in [-0.2, -0.15) is 0 Å². The van der Waals surface area contributed by atoms with E-state index in [0.717, 1.165) is 41.3 Å². The summed E-state index contributed by atoms with van der Waals surface area (Å²) in [6.07, 6.45) is 2.13. The van der Waals surface area contributed by atoms with Gasteiger partial charge in [0.05, 0.1) is 47.4 Å². The van der Waals surface area contributed by atoms with Crippen LogP contribution in [0, 0.1) is 0 Å². The average molecular weight is 371 g/mol. The molecule has 27 heavy (non-hydrogen) atoms. The third kappa shape index (κ3) is 5.90. The minimum Gasteiger partial charge on any atom is -0.393 e. The third-order valence-corrected chi connectivity index (χ3v) is 6.09. The topological polar surface area (TPSA) is 20.2 Å². The van der Waals surface area contributed by atoms with Crippen LogP contribution in [0.5, 0.6) is 0 Å². The van der Waals surface area contributed by atoms with E-state index < -0.39 is 0 Å². The summed E-state index contributed by atoms with van der Waals surface area (Å²) >= 11 is 0. The van der Waals surface area contributed by atoms with E-state index >= 15 is 0 Å². The lowest BCUT2D eigenvalue weighted by molar-refractivity contribution is 0.165. The van der Waals surface area contributed by atoms with Gasteiger partial charge in [0.25, 0.3) is 0 Å². The van der Waals surface area contributed by atoms with Crippen molar-refractivity contribution in [2.24, 2.45) is 0 Å². The van der Waals surface area contributed by atoms with Crippen molar-refractivity contribution in [3.63, 3.8) is 0 Å². The van der Waals surface area contributed by atoms with Crippen LogP contribution in [-0.2, 0) is 12.8 Å². The van der Waals surface area contributed by atoms with E-state index in [1.165, 1.54) is 22.5 Å². The average Bonchev–Trinajstić information content (AvgIpc) is 2.67. The SMILES string of the molecule is CC[N+](C)(C)c1ccc(CCC(O)Cc2ccc([N+](C)(C)CC)cc2)cc1. The van der Waals surface area contributed by atoms with E-state index in [0.29, 0.717) is 0 Å². The lowest BCUT2D eigenvalue weighted by Crippen LogP contribution is -2.39. The highest BCUT2D eigenvalue weighted by molar-refractivity contribution is 5.44. The zero-order valence-electron chi connectivity index (χ0n) is 18.1. The normalized spacial score (nSPS) is 13.6. The van der Waals surface area contributed by atoms with Crippen molar-refractivity contribution in [2.45, 2.75) is 39.2 Å². The Morgan fingerprint density at radius 2 is 1.11 bits per heavy atom. The van der Waals surface area contributed by atoms with Gasteiger partial charge in [-0.1, -0.05) is 24.3 Å². The van der Waals surface area contributed by atoms with Crippen molar-refractivity contribution in [3.05, 3.63) is 59.7 Å². The molecule has 1 unspecified atom stereocenters. The lowest BCUT2D eigenvalue weighted by atomic mass is 10.0. The molecule has 0 aliphatic carbocycles. The number of hydrogen-bond acceptors (Lipinski definition) is 1. The maximum Gasteiger partial charge on any atom is 0.132 e. The van der Waals surface area contributed by atoms with Crippen molar-refractivity contribution >= 4 is 11.4 Å². The van der Waals surface area contributed by atoms with Crippen LogP contribution in [0.2, 0.25) is 0 Å². The fourth-order valence-electron chi connectivity index (χ4n) is 3.17. The molecular formula is C24H38N2O+2. The smallest absolute Gasteiger partial charge is 0.132 e. The van der Waals surface area contributed by atoms with Crippen LogP contribution >= 0.6 is 0 Å². The van der Waals surface area contributed by atoms with Crippen LogP contribution in [0.4, 0.5) is 11.4 Å². The van der Waals surface area contributed by atoms with Crippen LogP contribution in [0.15, 0.2) is 48.5 Å². The zero-order valence-corrected chi connectivity index (χ0v) is 18.1. The van der Waals surface area contributed by atoms with Gasteiger partial charge in [0.15, 0.2) is 0 Å². The predicted octanol–water partition coefficient (Wildman–Crippen LogP) is 4.40. The zero-order chi connectivity index (χ0) is 20.1. The number of quaternary nitrogens is 2. The highest BCUT2D eigenvalue weighted by atomic mass is 16.3. The van der Waals surface area contributed by atoms with E-state index in [2.05, 4.69) is 90.6 Å². The van der Waals surface area contributed by atoms with E-state index in [1.54, 1.807) is 0 Å². The molecule has 0 saturated heterocycles. The van der Waals surface area contributed by atoms with E-state index in [-0.39, 0.29) is 6.10 Å². The van der Waals surface area contributed by atoms with Crippen molar-refractivity contribution in [3.8, 4) is 0 Å². The Hall–Kier alpha value is -1.68. The van der Waals surface area contributed by atoms with Crippen LogP contribution in [-0.4, -0.2) is 52.5 Å². The van der Waals surface area contributed by atoms with Crippen molar-refractivity contribution in [1.29, 1.82) is 0 Å². The molecule has 0 aliphatic heterocycles. The molecule has 3 nitrogen and oxygen atoms in total. The summed E-state index contributed by atoms with van der Waals surface area (Å²) in [6.45, 7) is 6.55. The Balaban J connectivity index is 1.88. The minimum absolute atomic E-state index is 0.299. The second kappa shape index (κ2) is 9.01. The number of nitrogens with zero attached hydrogens (tertiary/aromatic N) is 2. The lowest BCUT2D eigenvalue weighted by Gasteiger charge is -2.27. The molecule has 2 aromatic rings. The molecule has 1 atom stereocenters. The molecule has 0 fully saturated rings. The van der Waals surface area contributed by atoms with Crippen molar-refractivity contribution < 1.29 is 5.11 Å². The number of aryl methyl sites for hydroxylation is 1. The van der Waals surface area contributed by atoms with Gasteiger partial charge in [-0.3, -0.25) is 8.97 Å². The molecule has 1 N–H and O–H groups in total. The Morgan fingerprint density at radius 1 is 0.704 bits per heavy atom. The second-order valence-electron chi connectivity index (χ2n) is 8.73. The molecule has 0 spiro atoms. The summed E-state index contributed by atoms with van der Waals surface area (Å²) in [5.74, 6) is 0. The summed E-state index contributed by atoms with van der Waals surface area (Å²) < 4.78 is 1.78. The summed E-state index contributed by atoms with van der Waals surface area (Å²) in [7, 11) is 8.89. The third-order valence-electron chi connectivity index (χ3n) is 6.09.